The van der Waals surface area contributed by atoms with E-state index in [9.17, 15) is 14.4 Å². The van der Waals surface area contributed by atoms with Gasteiger partial charge in [-0.05, 0) is 43.2 Å². The van der Waals surface area contributed by atoms with E-state index >= 15 is 0 Å². The number of carbonyl (C=O) groups excluding carboxylic acids is 3. The van der Waals surface area contributed by atoms with Gasteiger partial charge in [-0.2, -0.15) is 0 Å². The monoisotopic (exact) mass is 429 g/mol. The Bertz CT molecular complexity index is 959. The molecule has 158 valence electrons. The Labute approximate surface area is 180 Å². The molecule has 0 aliphatic heterocycles. The lowest BCUT2D eigenvalue weighted by Gasteiger charge is -2.20. The van der Waals surface area contributed by atoms with Gasteiger partial charge in [0.1, 0.15) is 0 Å². The number of benzene rings is 2. The van der Waals surface area contributed by atoms with Crippen LogP contribution in [0.3, 0.4) is 0 Å². The van der Waals surface area contributed by atoms with E-state index in [2.05, 4.69) is 10.6 Å². The van der Waals surface area contributed by atoms with Gasteiger partial charge in [0.05, 0.1) is 28.4 Å². The average Bonchev–Trinajstić information content (AvgIpc) is 3.58. The quantitative estimate of drug-likeness (QED) is 0.630. The number of para-hydroxylation sites is 1. The molecule has 3 rings (SSSR count). The molecule has 0 atom stereocenters. The number of halogens is 1. The second kappa shape index (κ2) is 9.73. The molecule has 1 fully saturated rings. The molecule has 30 heavy (non-hydrogen) atoms. The zero-order valence-electron chi connectivity index (χ0n) is 16.9. The van der Waals surface area contributed by atoms with Crippen molar-refractivity contribution >= 4 is 40.7 Å². The van der Waals surface area contributed by atoms with Gasteiger partial charge in [-0.1, -0.05) is 23.7 Å². The fraction of sp³-hybridized carbons (Fsp3) is 0.318. The van der Waals surface area contributed by atoms with Gasteiger partial charge in [0.25, 0.3) is 11.8 Å². The van der Waals surface area contributed by atoms with Crippen LogP contribution in [0, 0.1) is 5.92 Å². The van der Waals surface area contributed by atoms with Gasteiger partial charge in [0, 0.05) is 32.3 Å². The zero-order chi connectivity index (χ0) is 21.7. The molecule has 2 N–H and O–H groups in total. The van der Waals surface area contributed by atoms with Crippen LogP contribution in [0.4, 0.5) is 11.4 Å². The molecule has 2 aromatic rings. The molecule has 7 nitrogen and oxygen atoms in total. The summed E-state index contributed by atoms with van der Waals surface area (Å²) in [5.74, 6) is -0.621. The lowest BCUT2D eigenvalue weighted by atomic mass is 10.1. The number of methoxy groups -OCH3 is 1. The van der Waals surface area contributed by atoms with Gasteiger partial charge >= 0.3 is 0 Å². The smallest absolute Gasteiger partial charge is 0.257 e. The molecule has 0 bridgehead atoms. The topological polar surface area (TPSA) is 87.7 Å². The summed E-state index contributed by atoms with van der Waals surface area (Å²) >= 11 is 6.24. The normalized spacial score (nSPS) is 12.9. The molecule has 2 aromatic carbocycles. The molecule has 1 aliphatic rings. The Hall–Kier alpha value is -2.90. The SMILES string of the molecule is COCCNC(=O)c1ccc(NC(=O)c2ccccc2N(C)C(=O)C2CC2)cc1Cl. The Morgan fingerprint density at radius 3 is 2.50 bits per heavy atom. The van der Waals surface area contributed by atoms with Crippen LogP contribution < -0.4 is 15.5 Å². The zero-order valence-corrected chi connectivity index (χ0v) is 17.7. The van der Waals surface area contributed by atoms with Crippen LogP contribution in [0.15, 0.2) is 42.5 Å². The Kier molecular flexibility index (Phi) is 7.07. The minimum absolute atomic E-state index is 0.0159. The molecule has 0 spiro atoms. The van der Waals surface area contributed by atoms with Crippen LogP contribution in [0.1, 0.15) is 33.6 Å². The average molecular weight is 430 g/mol. The van der Waals surface area contributed by atoms with Crippen molar-refractivity contribution in [1.29, 1.82) is 0 Å². The predicted octanol–water partition coefficient (Wildman–Crippen LogP) is 3.34. The molecule has 0 heterocycles. The summed E-state index contributed by atoms with van der Waals surface area (Å²) < 4.78 is 4.90. The molecular weight excluding hydrogens is 406 g/mol. The fourth-order valence-electron chi connectivity index (χ4n) is 3.02. The summed E-state index contributed by atoms with van der Waals surface area (Å²) in [6.45, 7) is 0.767. The van der Waals surface area contributed by atoms with Crippen molar-refractivity contribution in [1.82, 2.24) is 5.32 Å². The van der Waals surface area contributed by atoms with Gasteiger partial charge in [-0.3, -0.25) is 14.4 Å². The van der Waals surface area contributed by atoms with E-state index in [4.69, 9.17) is 16.3 Å². The van der Waals surface area contributed by atoms with E-state index in [1.165, 1.54) is 11.0 Å². The summed E-state index contributed by atoms with van der Waals surface area (Å²) in [7, 11) is 3.23. The highest BCUT2D eigenvalue weighted by molar-refractivity contribution is 6.34. The van der Waals surface area contributed by atoms with Crippen molar-refractivity contribution in [2.24, 2.45) is 5.92 Å². The number of nitrogens with one attached hydrogen (secondary N) is 2. The first-order valence-corrected chi connectivity index (χ1v) is 10.0. The van der Waals surface area contributed by atoms with Crippen LogP contribution >= 0.6 is 11.6 Å². The van der Waals surface area contributed by atoms with Crippen molar-refractivity contribution in [3.8, 4) is 0 Å². The van der Waals surface area contributed by atoms with E-state index in [0.29, 0.717) is 35.7 Å². The van der Waals surface area contributed by atoms with Crippen LogP contribution in [0.25, 0.3) is 0 Å². The standard InChI is InChI=1S/C22H24ClN3O4/c1-26(22(29)14-7-8-14)19-6-4-3-5-17(19)21(28)25-15-9-10-16(18(23)13-15)20(27)24-11-12-30-2/h3-6,9-10,13-14H,7-8,11-12H2,1-2H3,(H,24,27)(H,25,28). The van der Waals surface area contributed by atoms with E-state index in [1.807, 2.05) is 0 Å². The van der Waals surface area contributed by atoms with Crippen molar-refractivity contribution in [3.63, 3.8) is 0 Å². The van der Waals surface area contributed by atoms with Gasteiger partial charge in [0.2, 0.25) is 5.91 Å². The third-order valence-corrected chi connectivity index (χ3v) is 5.14. The minimum Gasteiger partial charge on any atom is -0.383 e. The third-order valence-electron chi connectivity index (χ3n) is 4.83. The third kappa shape index (κ3) is 5.17. The van der Waals surface area contributed by atoms with Crippen molar-refractivity contribution in [3.05, 3.63) is 58.6 Å². The summed E-state index contributed by atoms with van der Waals surface area (Å²) in [6.07, 6.45) is 1.78. The van der Waals surface area contributed by atoms with Gasteiger partial charge in [-0.25, -0.2) is 0 Å². The van der Waals surface area contributed by atoms with E-state index in [-0.39, 0.29) is 28.7 Å². The van der Waals surface area contributed by atoms with E-state index in [0.717, 1.165) is 12.8 Å². The Morgan fingerprint density at radius 1 is 1.10 bits per heavy atom. The molecule has 0 aromatic heterocycles. The number of amides is 3. The molecule has 0 unspecified atom stereocenters. The second-order valence-electron chi connectivity index (χ2n) is 7.09. The number of ether oxygens (including phenoxy) is 1. The van der Waals surface area contributed by atoms with Crippen LogP contribution in [-0.2, 0) is 9.53 Å². The maximum Gasteiger partial charge on any atom is 0.257 e. The summed E-state index contributed by atoms with van der Waals surface area (Å²) in [5, 5.41) is 5.70. The minimum atomic E-state index is -0.366. The molecule has 1 saturated carbocycles. The summed E-state index contributed by atoms with van der Waals surface area (Å²) in [6, 6.07) is 11.6. The van der Waals surface area contributed by atoms with Crippen molar-refractivity contribution in [2.75, 3.05) is 37.5 Å². The largest absolute Gasteiger partial charge is 0.383 e. The van der Waals surface area contributed by atoms with Gasteiger partial charge in [-0.15, -0.1) is 0 Å². The first kappa shape index (κ1) is 21.8. The molecular formula is C22H24ClN3O4. The highest BCUT2D eigenvalue weighted by Crippen LogP contribution is 2.33. The fourth-order valence-corrected chi connectivity index (χ4v) is 3.28. The maximum atomic E-state index is 12.9. The highest BCUT2D eigenvalue weighted by atomic mass is 35.5. The van der Waals surface area contributed by atoms with Crippen molar-refractivity contribution < 1.29 is 19.1 Å². The predicted molar refractivity (Wildman–Crippen MR) is 116 cm³/mol. The lowest BCUT2D eigenvalue weighted by Crippen LogP contribution is -2.30. The molecule has 3 amide bonds. The van der Waals surface area contributed by atoms with Gasteiger partial charge < -0.3 is 20.3 Å². The Morgan fingerprint density at radius 2 is 1.83 bits per heavy atom. The molecule has 1 aliphatic carbocycles. The van der Waals surface area contributed by atoms with Crippen LogP contribution in [0.2, 0.25) is 5.02 Å². The van der Waals surface area contributed by atoms with Crippen LogP contribution in [0.5, 0.6) is 0 Å². The first-order chi connectivity index (χ1) is 14.4. The number of carbonyl (C=O) groups is 3. The van der Waals surface area contributed by atoms with Crippen molar-refractivity contribution in [2.45, 2.75) is 12.8 Å². The first-order valence-electron chi connectivity index (χ1n) is 9.67. The summed E-state index contributed by atoms with van der Waals surface area (Å²) in [5.41, 5.74) is 1.68. The lowest BCUT2D eigenvalue weighted by molar-refractivity contribution is -0.119. The van der Waals surface area contributed by atoms with Gasteiger partial charge in [0.15, 0.2) is 0 Å². The second-order valence-corrected chi connectivity index (χ2v) is 7.49. The molecule has 0 radical (unpaired) electrons. The summed E-state index contributed by atoms with van der Waals surface area (Å²) in [4.78, 5) is 39.0. The number of hydrogen-bond acceptors (Lipinski definition) is 4. The number of hydrogen-bond donors (Lipinski definition) is 2. The molecule has 8 heteroatoms. The molecule has 0 saturated heterocycles. The Balaban J connectivity index is 1.73. The van der Waals surface area contributed by atoms with E-state index < -0.39 is 0 Å². The maximum absolute atomic E-state index is 12.9. The highest BCUT2D eigenvalue weighted by Gasteiger charge is 2.33. The van der Waals surface area contributed by atoms with E-state index in [1.54, 1.807) is 50.6 Å². The van der Waals surface area contributed by atoms with Crippen LogP contribution in [-0.4, -0.2) is 45.0 Å². The number of nitrogens with zero attached hydrogens (tertiary/aromatic N) is 1. The number of rotatable bonds is 8. The number of anilines is 2.